The Morgan fingerprint density at radius 3 is 2.67 bits per heavy atom. The molecule has 1 saturated carbocycles. The van der Waals surface area contributed by atoms with Crippen molar-refractivity contribution in [3.8, 4) is 5.75 Å². The highest BCUT2D eigenvalue weighted by Crippen LogP contribution is 2.28. The van der Waals surface area contributed by atoms with Crippen LogP contribution in [0.25, 0.3) is 0 Å². The lowest BCUT2D eigenvalue weighted by Gasteiger charge is -2.26. The van der Waals surface area contributed by atoms with Crippen LogP contribution in [0.15, 0.2) is 18.2 Å². The number of hydrogen-bond acceptors (Lipinski definition) is 2. The fourth-order valence-corrected chi connectivity index (χ4v) is 2.89. The highest BCUT2D eigenvalue weighted by Gasteiger charge is 2.17. The van der Waals surface area contributed by atoms with Crippen LogP contribution >= 0.6 is 11.6 Å². The summed E-state index contributed by atoms with van der Waals surface area (Å²) in [5.41, 5.74) is 0.809. The van der Waals surface area contributed by atoms with Crippen LogP contribution in [0.2, 0.25) is 5.02 Å². The van der Waals surface area contributed by atoms with Crippen LogP contribution in [0.3, 0.4) is 0 Å². The molecule has 1 aliphatic rings. The molecule has 0 aliphatic heterocycles. The van der Waals surface area contributed by atoms with E-state index in [2.05, 4.69) is 12.2 Å². The number of hydrogen-bond donors (Lipinski definition) is 2. The van der Waals surface area contributed by atoms with Crippen LogP contribution in [0.5, 0.6) is 5.75 Å². The molecule has 0 bridgehead atoms. The smallest absolute Gasteiger partial charge is 0.121 e. The molecule has 0 spiro atoms. The molecule has 1 fully saturated rings. The first kappa shape index (κ1) is 13.7. The highest BCUT2D eigenvalue weighted by molar-refractivity contribution is 6.31. The van der Waals surface area contributed by atoms with E-state index >= 15 is 0 Å². The molecule has 1 aromatic carbocycles. The summed E-state index contributed by atoms with van der Waals surface area (Å²) in [5.74, 6) is 1.96. The Balaban J connectivity index is 1.78. The second kappa shape index (κ2) is 6.44. The van der Waals surface area contributed by atoms with Gasteiger partial charge in [0.05, 0.1) is 0 Å². The predicted octanol–water partition coefficient (Wildman–Crippen LogP) is 3.96. The summed E-state index contributed by atoms with van der Waals surface area (Å²) < 4.78 is 0. The van der Waals surface area contributed by atoms with Gasteiger partial charge in [-0.1, -0.05) is 37.4 Å². The lowest BCUT2D eigenvalue weighted by Crippen LogP contribution is -2.25. The van der Waals surface area contributed by atoms with Gasteiger partial charge in [-0.15, -0.1) is 0 Å². The molecule has 1 aromatic rings. The number of aromatic hydroxyl groups is 1. The number of halogens is 1. The Morgan fingerprint density at radius 2 is 2.00 bits per heavy atom. The minimum absolute atomic E-state index is 0.285. The number of phenols is 1. The summed E-state index contributed by atoms with van der Waals surface area (Å²) in [5, 5.41) is 13.8. The summed E-state index contributed by atoms with van der Waals surface area (Å²) >= 11 is 6.07. The molecule has 0 radical (unpaired) electrons. The van der Waals surface area contributed by atoms with Gasteiger partial charge in [-0.05, 0) is 43.4 Å². The van der Waals surface area contributed by atoms with Gasteiger partial charge in [0.2, 0.25) is 0 Å². The van der Waals surface area contributed by atoms with E-state index in [4.69, 9.17) is 11.6 Å². The minimum Gasteiger partial charge on any atom is -0.508 e. The molecule has 0 amide bonds. The maximum Gasteiger partial charge on any atom is 0.121 e. The molecule has 18 heavy (non-hydrogen) atoms. The maximum atomic E-state index is 9.74. The topological polar surface area (TPSA) is 32.3 Å². The Morgan fingerprint density at radius 1 is 1.28 bits per heavy atom. The molecule has 3 heteroatoms. The van der Waals surface area contributed by atoms with Crippen molar-refractivity contribution in [1.82, 2.24) is 5.32 Å². The van der Waals surface area contributed by atoms with Gasteiger partial charge in [0.15, 0.2) is 0 Å². The standard InChI is InChI=1S/C15H22ClNO/c1-11-5-7-12(8-6-11)9-17-10-13-14(16)3-2-4-15(13)18/h2-4,11-12,17-18H,5-10H2,1H3. The van der Waals surface area contributed by atoms with Gasteiger partial charge < -0.3 is 10.4 Å². The van der Waals surface area contributed by atoms with Crippen LogP contribution in [0.4, 0.5) is 0 Å². The molecule has 2 N–H and O–H groups in total. The fraction of sp³-hybridized carbons (Fsp3) is 0.600. The summed E-state index contributed by atoms with van der Waals surface area (Å²) in [6.45, 7) is 4.01. The Bertz CT molecular complexity index is 366. The van der Waals surface area contributed by atoms with Gasteiger partial charge in [-0.25, -0.2) is 0 Å². The zero-order chi connectivity index (χ0) is 13.0. The minimum atomic E-state index is 0.285. The second-order valence-corrected chi connectivity index (χ2v) is 5.90. The molecule has 0 unspecified atom stereocenters. The molecule has 0 atom stereocenters. The molecule has 0 heterocycles. The maximum absolute atomic E-state index is 9.74. The highest BCUT2D eigenvalue weighted by atomic mass is 35.5. The fourth-order valence-electron chi connectivity index (χ4n) is 2.66. The quantitative estimate of drug-likeness (QED) is 0.865. The van der Waals surface area contributed by atoms with Crippen LogP contribution in [0, 0.1) is 11.8 Å². The molecular formula is C15H22ClNO. The molecular weight excluding hydrogens is 246 g/mol. The van der Waals surface area contributed by atoms with Gasteiger partial charge in [0.25, 0.3) is 0 Å². The van der Waals surface area contributed by atoms with E-state index in [0.717, 1.165) is 23.9 Å². The van der Waals surface area contributed by atoms with Gasteiger partial charge >= 0.3 is 0 Å². The molecule has 2 rings (SSSR count). The van der Waals surface area contributed by atoms with E-state index in [9.17, 15) is 5.11 Å². The number of rotatable bonds is 4. The van der Waals surface area contributed by atoms with E-state index in [1.165, 1.54) is 25.7 Å². The average molecular weight is 268 g/mol. The Hall–Kier alpha value is -0.730. The van der Waals surface area contributed by atoms with E-state index in [0.29, 0.717) is 11.6 Å². The van der Waals surface area contributed by atoms with Crippen molar-refractivity contribution >= 4 is 11.6 Å². The zero-order valence-electron chi connectivity index (χ0n) is 11.0. The Labute approximate surface area is 114 Å². The van der Waals surface area contributed by atoms with Crippen LogP contribution in [-0.2, 0) is 6.54 Å². The van der Waals surface area contributed by atoms with E-state index in [1.807, 2.05) is 6.07 Å². The number of nitrogens with one attached hydrogen (secondary N) is 1. The molecule has 1 aliphatic carbocycles. The predicted molar refractivity (Wildman–Crippen MR) is 75.9 cm³/mol. The van der Waals surface area contributed by atoms with Crippen LogP contribution in [0.1, 0.15) is 38.2 Å². The van der Waals surface area contributed by atoms with Crippen molar-refractivity contribution in [1.29, 1.82) is 0 Å². The van der Waals surface area contributed by atoms with Crippen LogP contribution < -0.4 is 5.32 Å². The summed E-state index contributed by atoms with van der Waals surface area (Å²) in [4.78, 5) is 0. The summed E-state index contributed by atoms with van der Waals surface area (Å²) in [6.07, 6.45) is 5.35. The third-order valence-electron chi connectivity index (χ3n) is 3.96. The first-order valence-corrected chi connectivity index (χ1v) is 7.21. The van der Waals surface area contributed by atoms with E-state index < -0.39 is 0 Å². The molecule has 0 aromatic heterocycles. The largest absolute Gasteiger partial charge is 0.508 e. The molecule has 2 nitrogen and oxygen atoms in total. The third-order valence-corrected chi connectivity index (χ3v) is 4.32. The van der Waals surface area contributed by atoms with Crippen molar-refractivity contribution in [3.05, 3.63) is 28.8 Å². The normalized spacial score (nSPS) is 24.1. The van der Waals surface area contributed by atoms with Crippen LogP contribution in [-0.4, -0.2) is 11.7 Å². The SMILES string of the molecule is CC1CCC(CNCc2c(O)cccc2Cl)CC1. The summed E-state index contributed by atoms with van der Waals surface area (Å²) in [7, 11) is 0. The lowest BCUT2D eigenvalue weighted by atomic mass is 9.83. The van der Waals surface area contributed by atoms with Crippen molar-refractivity contribution in [2.45, 2.75) is 39.2 Å². The number of benzene rings is 1. The van der Waals surface area contributed by atoms with Gasteiger partial charge in [-0.2, -0.15) is 0 Å². The summed E-state index contributed by atoms with van der Waals surface area (Å²) in [6, 6.07) is 5.27. The van der Waals surface area contributed by atoms with Crippen molar-refractivity contribution < 1.29 is 5.11 Å². The van der Waals surface area contributed by atoms with Gasteiger partial charge in [-0.3, -0.25) is 0 Å². The molecule has 0 saturated heterocycles. The van der Waals surface area contributed by atoms with Crippen molar-refractivity contribution in [2.75, 3.05) is 6.54 Å². The Kier molecular flexibility index (Phi) is 4.90. The number of phenolic OH excluding ortho intramolecular Hbond substituents is 1. The lowest BCUT2D eigenvalue weighted by molar-refractivity contribution is 0.281. The molecule has 100 valence electrons. The third kappa shape index (κ3) is 3.63. The first-order chi connectivity index (χ1) is 8.66. The van der Waals surface area contributed by atoms with Gasteiger partial charge in [0, 0.05) is 17.1 Å². The zero-order valence-corrected chi connectivity index (χ0v) is 11.7. The first-order valence-electron chi connectivity index (χ1n) is 6.84. The average Bonchev–Trinajstić information content (AvgIpc) is 2.35. The van der Waals surface area contributed by atoms with Crippen molar-refractivity contribution in [2.24, 2.45) is 11.8 Å². The van der Waals surface area contributed by atoms with E-state index in [1.54, 1.807) is 12.1 Å². The second-order valence-electron chi connectivity index (χ2n) is 5.49. The van der Waals surface area contributed by atoms with E-state index in [-0.39, 0.29) is 5.75 Å². The monoisotopic (exact) mass is 267 g/mol. The van der Waals surface area contributed by atoms with Crippen molar-refractivity contribution in [3.63, 3.8) is 0 Å². The van der Waals surface area contributed by atoms with Gasteiger partial charge in [0.1, 0.15) is 5.75 Å².